The molecule has 192 valence electrons. The quantitative estimate of drug-likeness (QED) is 0.404. The Morgan fingerprint density at radius 2 is 1.92 bits per heavy atom. The summed E-state index contributed by atoms with van der Waals surface area (Å²) in [6.45, 7) is 7.11. The van der Waals surface area contributed by atoms with Crippen molar-refractivity contribution in [3.8, 4) is 11.3 Å². The predicted octanol–water partition coefficient (Wildman–Crippen LogP) is 4.23. The minimum absolute atomic E-state index is 0.0447. The van der Waals surface area contributed by atoms with E-state index in [-0.39, 0.29) is 34.7 Å². The number of anilines is 2. The first-order valence-corrected chi connectivity index (χ1v) is 12.2. The highest BCUT2D eigenvalue weighted by Gasteiger charge is 2.26. The molecule has 4 aromatic rings. The largest absolute Gasteiger partial charge is 0.337 e. The molecule has 9 nitrogen and oxygen atoms in total. The van der Waals surface area contributed by atoms with Crippen LogP contribution in [0.2, 0.25) is 0 Å². The molecule has 2 N–H and O–H groups in total. The first-order valence-electron chi connectivity index (χ1n) is 12.2. The molecule has 0 spiro atoms. The summed E-state index contributed by atoms with van der Waals surface area (Å²) in [7, 11) is 1.89. The molecular weight excluding hydrogens is 478 g/mol. The number of nitrogens with zero attached hydrogens (tertiary/aromatic N) is 6. The smallest absolute Gasteiger partial charge is 0.255 e. The number of pyridine rings is 1. The van der Waals surface area contributed by atoms with Crippen molar-refractivity contribution in [2.75, 3.05) is 25.5 Å². The van der Waals surface area contributed by atoms with Crippen LogP contribution in [0, 0.1) is 18.6 Å². The van der Waals surface area contributed by atoms with Crippen molar-refractivity contribution in [1.29, 1.82) is 0 Å². The fourth-order valence-corrected chi connectivity index (χ4v) is 4.76. The van der Waals surface area contributed by atoms with E-state index in [2.05, 4.69) is 30.6 Å². The van der Waals surface area contributed by atoms with Gasteiger partial charge in [-0.2, -0.15) is 0 Å². The fourth-order valence-electron chi connectivity index (χ4n) is 4.76. The molecule has 0 unspecified atom stereocenters. The molecule has 1 aromatic carbocycles. The third-order valence-electron chi connectivity index (χ3n) is 6.59. The van der Waals surface area contributed by atoms with Gasteiger partial charge in [-0.25, -0.2) is 28.7 Å². The van der Waals surface area contributed by atoms with Crippen LogP contribution in [0.5, 0.6) is 0 Å². The molecular formula is C26H28F2N8O. The normalized spacial score (nSPS) is 15.6. The second kappa shape index (κ2) is 9.81. The van der Waals surface area contributed by atoms with E-state index in [1.54, 1.807) is 23.1 Å². The second-order valence-corrected chi connectivity index (χ2v) is 9.42. The lowest BCUT2D eigenvalue weighted by Gasteiger charge is -2.16. The summed E-state index contributed by atoms with van der Waals surface area (Å²) in [6, 6.07) is 6.57. The first-order chi connectivity index (χ1) is 17.7. The number of likely N-dealkylation sites (tertiary alicyclic amines) is 1. The molecule has 1 saturated heterocycles. The van der Waals surface area contributed by atoms with Gasteiger partial charge in [-0.1, -0.05) is 0 Å². The molecule has 0 aliphatic carbocycles. The van der Waals surface area contributed by atoms with E-state index in [1.807, 2.05) is 32.4 Å². The van der Waals surface area contributed by atoms with Gasteiger partial charge in [-0.15, -0.1) is 0 Å². The molecule has 11 heteroatoms. The molecule has 1 fully saturated rings. The summed E-state index contributed by atoms with van der Waals surface area (Å²) in [5, 5.41) is 6.12. The highest BCUT2D eigenvalue weighted by atomic mass is 19.1. The number of amides is 1. The average Bonchev–Trinajstić information content (AvgIpc) is 3.49. The molecule has 4 heterocycles. The van der Waals surface area contributed by atoms with Crippen molar-refractivity contribution in [2.45, 2.75) is 39.3 Å². The number of fused-ring (bicyclic) bond motifs is 1. The zero-order valence-corrected chi connectivity index (χ0v) is 21.1. The molecule has 0 bridgehead atoms. The average molecular weight is 507 g/mol. The van der Waals surface area contributed by atoms with E-state index in [1.165, 1.54) is 12.3 Å². The van der Waals surface area contributed by atoms with E-state index >= 15 is 0 Å². The molecule has 37 heavy (non-hydrogen) atoms. The van der Waals surface area contributed by atoms with Gasteiger partial charge in [0, 0.05) is 36.9 Å². The lowest BCUT2D eigenvalue weighted by Crippen LogP contribution is -2.33. The maximum Gasteiger partial charge on any atom is 0.255 e. The topological polar surface area (TPSA) is 101 Å². The molecule has 1 aliphatic rings. The summed E-state index contributed by atoms with van der Waals surface area (Å²) in [6.07, 6.45) is 3.43. The Balaban J connectivity index is 1.40. The van der Waals surface area contributed by atoms with E-state index in [4.69, 9.17) is 0 Å². The Kier molecular flexibility index (Phi) is 6.55. The monoisotopic (exact) mass is 506 g/mol. The number of halogens is 2. The summed E-state index contributed by atoms with van der Waals surface area (Å²) in [5.41, 5.74) is 1.50. The van der Waals surface area contributed by atoms with Gasteiger partial charge in [-0.05, 0) is 58.5 Å². The lowest BCUT2D eigenvalue weighted by molar-refractivity contribution is 0.0789. The van der Waals surface area contributed by atoms with Crippen LogP contribution in [0.3, 0.4) is 0 Å². The molecule has 1 amide bonds. The summed E-state index contributed by atoms with van der Waals surface area (Å²) >= 11 is 0. The number of likely N-dealkylation sites (N-methyl/N-ethyl adjacent to an activating group) is 1. The van der Waals surface area contributed by atoms with Crippen LogP contribution in [-0.4, -0.2) is 61.5 Å². The van der Waals surface area contributed by atoms with Crippen LogP contribution < -0.4 is 10.6 Å². The number of aryl methyl sites for hydroxylation is 1. The van der Waals surface area contributed by atoms with Crippen LogP contribution in [0.25, 0.3) is 22.3 Å². The number of hydrogen-bond donors (Lipinski definition) is 2. The lowest BCUT2D eigenvalue weighted by atomic mass is 10.1. The van der Waals surface area contributed by atoms with E-state index in [0.29, 0.717) is 41.9 Å². The Morgan fingerprint density at radius 3 is 2.59 bits per heavy atom. The molecule has 0 radical (unpaired) electrons. The number of hydrogen-bond acceptors (Lipinski definition) is 7. The highest BCUT2D eigenvalue weighted by Crippen LogP contribution is 2.30. The van der Waals surface area contributed by atoms with Gasteiger partial charge >= 0.3 is 0 Å². The number of benzene rings is 1. The van der Waals surface area contributed by atoms with Crippen LogP contribution in [0.1, 0.15) is 42.5 Å². The van der Waals surface area contributed by atoms with E-state index in [9.17, 15) is 13.6 Å². The van der Waals surface area contributed by atoms with Gasteiger partial charge in [0.25, 0.3) is 5.91 Å². The SMILES string of the molecule is CN[C@H]1CCN(C(=O)c2ccc(Nc3ncc(F)c(-c4cc(F)c5nc(C)n(C(C)C)c5c4)n3)nc2)C1. The van der Waals surface area contributed by atoms with Gasteiger partial charge in [0.2, 0.25) is 5.95 Å². The van der Waals surface area contributed by atoms with Crippen molar-refractivity contribution in [3.05, 3.63) is 59.7 Å². The minimum atomic E-state index is -0.684. The van der Waals surface area contributed by atoms with Crippen molar-refractivity contribution in [3.63, 3.8) is 0 Å². The third-order valence-corrected chi connectivity index (χ3v) is 6.59. The molecule has 5 rings (SSSR count). The second-order valence-electron chi connectivity index (χ2n) is 9.42. The van der Waals surface area contributed by atoms with Crippen LogP contribution >= 0.6 is 0 Å². The standard InChI is InChI=1S/C26H28F2N8O/c1-14(2)36-15(3)32-24-19(27)9-17(10-21(24)36)23-20(28)12-31-26(34-23)33-22-6-5-16(11-30-22)25(37)35-8-7-18(13-35)29-4/h5-6,9-12,14,18,29H,7-8,13H2,1-4H3,(H,30,31,33,34)/t18-/m0/s1. The number of carbonyl (C=O) groups excluding carboxylic acids is 1. The zero-order valence-electron chi connectivity index (χ0n) is 21.1. The predicted molar refractivity (Wildman–Crippen MR) is 137 cm³/mol. The Morgan fingerprint density at radius 1 is 1.11 bits per heavy atom. The molecule has 3 aromatic heterocycles. The maximum absolute atomic E-state index is 14.9. The van der Waals surface area contributed by atoms with Crippen LogP contribution in [0.15, 0.2) is 36.7 Å². The summed E-state index contributed by atoms with van der Waals surface area (Å²) in [4.78, 5) is 31.5. The zero-order chi connectivity index (χ0) is 26.3. The van der Waals surface area contributed by atoms with Gasteiger partial charge in [-0.3, -0.25) is 4.79 Å². The van der Waals surface area contributed by atoms with Crippen LogP contribution in [0.4, 0.5) is 20.5 Å². The van der Waals surface area contributed by atoms with Gasteiger partial charge < -0.3 is 20.1 Å². The number of aromatic nitrogens is 5. The van der Waals surface area contributed by atoms with Crippen molar-refractivity contribution < 1.29 is 13.6 Å². The van der Waals surface area contributed by atoms with Crippen molar-refractivity contribution in [2.24, 2.45) is 0 Å². The Hall–Kier alpha value is -3.99. The van der Waals surface area contributed by atoms with Gasteiger partial charge in [0.05, 0.1) is 17.3 Å². The molecule has 0 saturated carbocycles. The van der Waals surface area contributed by atoms with E-state index < -0.39 is 11.6 Å². The van der Waals surface area contributed by atoms with Gasteiger partial charge in [0.1, 0.15) is 22.9 Å². The fraction of sp³-hybridized carbons (Fsp3) is 0.346. The van der Waals surface area contributed by atoms with Crippen molar-refractivity contribution in [1.82, 2.24) is 34.7 Å². The Bertz CT molecular complexity index is 1470. The minimum Gasteiger partial charge on any atom is -0.337 e. The highest BCUT2D eigenvalue weighted by molar-refractivity contribution is 5.94. The maximum atomic E-state index is 14.9. The molecule has 1 atom stereocenters. The van der Waals surface area contributed by atoms with Gasteiger partial charge in [0.15, 0.2) is 11.6 Å². The van der Waals surface area contributed by atoms with E-state index in [0.717, 1.165) is 12.6 Å². The number of carbonyl (C=O) groups is 1. The number of imidazole rings is 1. The van der Waals surface area contributed by atoms with Crippen molar-refractivity contribution >= 4 is 28.7 Å². The third kappa shape index (κ3) is 4.74. The molecule has 1 aliphatic heterocycles. The first kappa shape index (κ1) is 24.7. The number of rotatable bonds is 6. The van der Waals surface area contributed by atoms with Crippen LogP contribution in [-0.2, 0) is 0 Å². The Labute approximate surface area is 213 Å². The summed E-state index contributed by atoms with van der Waals surface area (Å²) < 4.78 is 31.6. The number of nitrogens with one attached hydrogen (secondary N) is 2. The summed E-state index contributed by atoms with van der Waals surface area (Å²) in [5.74, 6) is -0.164.